The van der Waals surface area contributed by atoms with E-state index in [0.717, 1.165) is 6.07 Å². The van der Waals surface area contributed by atoms with Crippen LogP contribution in [0.15, 0.2) is 45.9 Å². The first-order chi connectivity index (χ1) is 11.7. The van der Waals surface area contributed by atoms with Crippen molar-refractivity contribution in [2.75, 3.05) is 0 Å². The standard InChI is InChI=1S/C17H21FN2O4S/c1-11(2)16(17(21)19-10-13-5-4-8-24-13)20-25(22,23)14-6-7-15(18)12(3)9-14/h4-9,11,16,20H,10H2,1-3H3,(H,19,21)/t16-/m0/s1. The number of rotatable bonds is 7. The third kappa shape index (κ3) is 4.90. The van der Waals surface area contributed by atoms with Crippen molar-refractivity contribution in [3.8, 4) is 0 Å². The van der Waals surface area contributed by atoms with Gasteiger partial charge in [0, 0.05) is 0 Å². The highest BCUT2D eigenvalue weighted by molar-refractivity contribution is 7.89. The maximum Gasteiger partial charge on any atom is 0.241 e. The molecule has 2 N–H and O–H groups in total. The third-order valence-electron chi connectivity index (χ3n) is 3.69. The molecule has 1 aromatic carbocycles. The number of hydrogen-bond donors (Lipinski definition) is 2. The molecule has 0 bridgehead atoms. The molecule has 0 saturated carbocycles. The fraction of sp³-hybridized carbons (Fsp3) is 0.353. The van der Waals surface area contributed by atoms with Crippen LogP contribution in [0.3, 0.4) is 0 Å². The van der Waals surface area contributed by atoms with Gasteiger partial charge in [0.05, 0.1) is 17.7 Å². The van der Waals surface area contributed by atoms with Crippen LogP contribution >= 0.6 is 0 Å². The van der Waals surface area contributed by atoms with Crippen molar-refractivity contribution < 1.29 is 22.0 Å². The fourth-order valence-electron chi connectivity index (χ4n) is 2.21. The summed E-state index contributed by atoms with van der Waals surface area (Å²) in [5.41, 5.74) is 0.214. The average molecular weight is 368 g/mol. The van der Waals surface area contributed by atoms with Gasteiger partial charge in [-0.1, -0.05) is 13.8 Å². The van der Waals surface area contributed by atoms with E-state index >= 15 is 0 Å². The van der Waals surface area contributed by atoms with Crippen LogP contribution in [0.4, 0.5) is 4.39 Å². The van der Waals surface area contributed by atoms with Gasteiger partial charge in [-0.3, -0.25) is 4.79 Å². The van der Waals surface area contributed by atoms with E-state index in [1.54, 1.807) is 26.0 Å². The number of amides is 1. The summed E-state index contributed by atoms with van der Waals surface area (Å²) in [7, 11) is -3.96. The zero-order valence-electron chi connectivity index (χ0n) is 14.2. The number of carbonyl (C=O) groups is 1. The Bertz CT molecular complexity index is 832. The number of benzene rings is 1. The van der Waals surface area contributed by atoms with Crippen molar-refractivity contribution in [3.05, 3.63) is 53.7 Å². The molecule has 0 aliphatic rings. The second-order valence-electron chi connectivity index (χ2n) is 6.05. The van der Waals surface area contributed by atoms with Crippen LogP contribution in [-0.2, 0) is 21.4 Å². The van der Waals surface area contributed by atoms with E-state index in [2.05, 4.69) is 10.0 Å². The molecule has 0 fully saturated rings. The van der Waals surface area contributed by atoms with Crippen LogP contribution in [0.2, 0.25) is 0 Å². The van der Waals surface area contributed by atoms with E-state index in [0.29, 0.717) is 5.76 Å². The molecule has 0 spiro atoms. The Morgan fingerprint density at radius 1 is 1.28 bits per heavy atom. The summed E-state index contributed by atoms with van der Waals surface area (Å²) in [6.07, 6.45) is 1.49. The Morgan fingerprint density at radius 3 is 2.56 bits per heavy atom. The first-order valence-corrected chi connectivity index (χ1v) is 9.27. The lowest BCUT2D eigenvalue weighted by molar-refractivity contribution is -0.123. The van der Waals surface area contributed by atoms with Crippen molar-refractivity contribution in [2.24, 2.45) is 5.92 Å². The zero-order valence-corrected chi connectivity index (χ0v) is 15.1. The maximum absolute atomic E-state index is 13.4. The zero-order chi connectivity index (χ0) is 18.6. The van der Waals surface area contributed by atoms with Crippen molar-refractivity contribution >= 4 is 15.9 Å². The number of furan rings is 1. The molecule has 136 valence electrons. The second-order valence-corrected chi connectivity index (χ2v) is 7.77. The van der Waals surface area contributed by atoms with Crippen LogP contribution in [0.1, 0.15) is 25.2 Å². The molecule has 2 rings (SSSR count). The number of nitrogens with one attached hydrogen (secondary N) is 2. The highest BCUT2D eigenvalue weighted by atomic mass is 32.2. The van der Waals surface area contributed by atoms with Gasteiger partial charge < -0.3 is 9.73 Å². The van der Waals surface area contributed by atoms with Crippen LogP contribution < -0.4 is 10.0 Å². The summed E-state index contributed by atoms with van der Waals surface area (Å²) in [5, 5.41) is 2.64. The van der Waals surface area contributed by atoms with Gasteiger partial charge in [0.1, 0.15) is 17.6 Å². The van der Waals surface area contributed by atoms with E-state index in [4.69, 9.17) is 4.42 Å². The Hall–Kier alpha value is -2.19. The number of aryl methyl sites for hydroxylation is 1. The molecule has 2 aromatic rings. The van der Waals surface area contributed by atoms with Gasteiger partial charge in [0.15, 0.2) is 0 Å². The average Bonchev–Trinajstić information content (AvgIpc) is 3.06. The number of hydrogen-bond acceptors (Lipinski definition) is 4. The van der Waals surface area contributed by atoms with E-state index in [1.807, 2.05) is 0 Å². The van der Waals surface area contributed by atoms with E-state index in [9.17, 15) is 17.6 Å². The van der Waals surface area contributed by atoms with Crippen molar-refractivity contribution in [1.29, 1.82) is 0 Å². The summed E-state index contributed by atoms with van der Waals surface area (Å²) in [6.45, 7) is 5.10. The normalized spacial score (nSPS) is 13.0. The summed E-state index contributed by atoms with van der Waals surface area (Å²) in [6, 6.07) is 5.92. The van der Waals surface area contributed by atoms with Gasteiger partial charge in [-0.05, 0) is 48.7 Å². The minimum atomic E-state index is -3.96. The fourth-order valence-corrected chi connectivity index (χ4v) is 3.64. The van der Waals surface area contributed by atoms with Crippen LogP contribution in [-0.4, -0.2) is 20.4 Å². The van der Waals surface area contributed by atoms with Crippen LogP contribution in [0.25, 0.3) is 0 Å². The largest absolute Gasteiger partial charge is 0.467 e. The molecule has 25 heavy (non-hydrogen) atoms. The number of halogens is 1. The Morgan fingerprint density at radius 2 is 2.00 bits per heavy atom. The lowest BCUT2D eigenvalue weighted by Crippen LogP contribution is -2.49. The van der Waals surface area contributed by atoms with E-state index in [-0.39, 0.29) is 22.9 Å². The third-order valence-corrected chi connectivity index (χ3v) is 5.13. The van der Waals surface area contributed by atoms with Gasteiger partial charge in [-0.15, -0.1) is 0 Å². The lowest BCUT2D eigenvalue weighted by Gasteiger charge is -2.21. The van der Waals surface area contributed by atoms with Crippen LogP contribution in [0.5, 0.6) is 0 Å². The SMILES string of the molecule is Cc1cc(S(=O)(=O)N[C@H](C(=O)NCc2ccco2)C(C)C)ccc1F. The second kappa shape index (κ2) is 7.79. The molecule has 1 heterocycles. The molecule has 6 nitrogen and oxygen atoms in total. The summed E-state index contributed by atoms with van der Waals surface area (Å²) >= 11 is 0. The van der Waals surface area contributed by atoms with Gasteiger partial charge in [0.25, 0.3) is 0 Å². The Balaban J connectivity index is 2.13. The first-order valence-electron chi connectivity index (χ1n) is 7.79. The number of sulfonamides is 1. The molecule has 1 amide bonds. The maximum atomic E-state index is 13.4. The summed E-state index contributed by atoms with van der Waals surface area (Å²) in [5.74, 6) is -0.676. The van der Waals surface area contributed by atoms with E-state index in [1.165, 1.54) is 25.3 Å². The minimum absolute atomic E-state index is 0.0871. The van der Waals surface area contributed by atoms with Crippen molar-refractivity contribution in [2.45, 2.75) is 38.3 Å². The quantitative estimate of drug-likeness (QED) is 0.785. The molecule has 0 radical (unpaired) electrons. The molecule has 0 aliphatic heterocycles. The summed E-state index contributed by atoms with van der Waals surface area (Å²) < 4.78 is 45.9. The predicted octanol–water partition coefficient (Wildman–Crippen LogP) is 2.35. The highest BCUT2D eigenvalue weighted by Gasteiger charge is 2.28. The molecule has 0 saturated heterocycles. The molecule has 1 atom stereocenters. The van der Waals surface area contributed by atoms with Gasteiger partial charge >= 0.3 is 0 Å². The molecule has 8 heteroatoms. The molecule has 0 unspecified atom stereocenters. The molecule has 0 aliphatic carbocycles. The highest BCUT2D eigenvalue weighted by Crippen LogP contribution is 2.16. The number of carbonyl (C=O) groups excluding carboxylic acids is 1. The summed E-state index contributed by atoms with van der Waals surface area (Å²) in [4.78, 5) is 12.3. The predicted molar refractivity (Wildman–Crippen MR) is 90.6 cm³/mol. The Kier molecular flexibility index (Phi) is 5.97. The lowest BCUT2D eigenvalue weighted by atomic mass is 10.1. The first kappa shape index (κ1) is 19.1. The molecule has 1 aromatic heterocycles. The van der Waals surface area contributed by atoms with Gasteiger partial charge in [-0.25, -0.2) is 12.8 Å². The van der Waals surface area contributed by atoms with Crippen molar-refractivity contribution in [1.82, 2.24) is 10.0 Å². The van der Waals surface area contributed by atoms with Crippen LogP contribution in [0, 0.1) is 18.7 Å². The smallest absolute Gasteiger partial charge is 0.241 e. The van der Waals surface area contributed by atoms with Gasteiger partial charge in [0.2, 0.25) is 15.9 Å². The minimum Gasteiger partial charge on any atom is -0.467 e. The Labute approximate surface area is 146 Å². The topological polar surface area (TPSA) is 88.4 Å². The molecular weight excluding hydrogens is 347 g/mol. The van der Waals surface area contributed by atoms with Crippen molar-refractivity contribution in [3.63, 3.8) is 0 Å². The van der Waals surface area contributed by atoms with Gasteiger partial charge in [-0.2, -0.15) is 4.72 Å². The molecular formula is C17H21FN2O4S. The monoisotopic (exact) mass is 368 g/mol. The van der Waals surface area contributed by atoms with E-state index < -0.39 is 27.8 Å².